The van der Waals surface area contributed by atoms with Crippen LogP contribution in [0.5, 0.6) is 0 Å². The van der Waals surface area contributed by atoms with Crippen LogP contribution in [0.1, 0.15) is 31.4 Å². The molecule has 0 fully saturated rings. The third kappa shape index (κ3) is 1.99. The van der Waals surface area contributed by atoms with E-state index in [4.69, 9.17) is 0 Å². The van der Waals surface area contributed by atoms with E-state index >= 15 is 0 Å². The summed E-state index contributed by atoms with van der Waals surface area (Å²) in [6.07, 6.45) is 6.75. The predicted molar refractivity (Wildman–Crippen MR) is 108 cm³/mol. The molecule has 5 rings (SSSR count). The summed E-state index contributed by atoms with van der Waals surface area (Å²) in [6, 6.07) is 15.7. The fourth-order valence-corrected chi connectivity index (χ4v) is 4.91. The number of para-hydroxylation sites is 1. The molecule has 3 nitrogen and oxygen atoms in total. The topological polar surface area (TPSA) is 12.0 Å². The number of aryl methyl sites for hydroxylation is 2. The standard InChI is InChI=1S/C22H25BN3/c1-16-8-7-11-19-20(16)21-24(4)14-15-25(21)23-13-12-22(2,3)17-9-5-6-10-18(17)26(19)23/h5-11,14-15H,12-13H2,1-4H3/q+1. The van der Waals surface area contributed by atoms with Crippen LogP contribution in [0.2, 0.25) is 6.32 Å². The Morgan fingerprint density at radius 2 is 1.81 bits per heavy atom. The number of aromatic nitrogens is 2. The van der Waals surface area contributed by atoms with Crippen molar-refractivity contribution in [1.29, 1.82) is 0 Å². The van der Waals surface area contributed by atoms with Gasteiger partial charge in [0.25, 0.3) is 5.82 Å². The molecule has 0 aliphatic carbocycles. The van der Waals surface area contributed by atoms with Gasteiger partial charge in [0, 0.05) is 11.4 Å². The molecule has 0 unspecified atom stereocenters. The molecule has 2 aliphatic heterocycles. The van der Waals surface area contributed by atoms with E-state index in [2.05, 4.69) is 96.5 Å². The van der Waals surface area contributed by atoms with Crippen LogP contribution in [0.3, 0.4) is 0 Å². The van der Waals surface area contributed by atoms with Crippen LogP contribution in [-0.2, 0) is 12.5 Å². The molecule has 3 heterocycles. The summed E-state index contributed by atoms with van der Waals surface area (Å²) >= 11 is 0. The lowest BCUT2D eigenvalue weighted by Gasteiger charge is -2.34. The Morgan fingerprint density at radius 1 is 1.04 bits per heavy atom. The van der Waals surface area contributed by atoms with Gasteiger partial charge in [0.15, 0.2) is 0 Å². The Kier molecular flexibility index (Phi) is 3.19. The Balaban J connectivity index is 1.87. The number of hydrogen-bond donors (Lipinski definition) is 0. The highest BCUT2D eigenvalue weighted by atomic mass is 15.2. The van der Waals surface area contributed by atoms with Crippen LogP contribution in [-0.4, -0.2) is 11.5 Å². The van der Waals surface area contributed by atoms with E-state index in [0.717, 1.165) is 6.32 Å². The molecule has 0 N–H and O–H groups in total. The second-order valence-corrected chi connectivity index (χ2v) is 8.40. The van der Waals surface area contributed by atoms with Crippen LogP contribution in [0.25, 0.3) is 11.4 Å². The van der Waals surface area contributed by atoms with Gasteiger partial charge in [-0.25, -0.2) is 4.57 Å². The molecule has 4 heteroatoms. The van der Waals surface area contributed by atoms with E-state index in [1.807, 2.05) is 0 Å². The number of imidazole rings is 1. The molecular weight excluding hydrogens is 317 g/mol. The summed E-state index contributed by atoms with van der Waals surface area (Å²) in [5.74, 6) is 1.32. The average molecular weight is 342 g/mol. The first kappa shape index (κ1) is 15.7. The quantitative estimate of drug-likeness (QED) is 0.550. The maximum atomic E-state index is 2.58. The van der Waals surface area contributed by atoms with Gasteiger partial charge in [-0.05, 0) is 48.3 Å². The minimum atomic E-state index is 0.174. The Hall–Kier alpha value is -2.49. The van der Waals surface area contributed by atoms with Gasteiger partial charge >= 0.3 is 6.98 Å². The number of benzene rings is 2. The summed E-state index contributed by atoms with van der Waals surface area (Å²) in [7, 11) is 2.16. The lowest BCUT2D eigenvalue weighted by Crippen LogP contribution is -2.63. The van der Waals surface area contributed by atoms with Gasteiger partial charge in [0.05, 0.1) is 12.6 Å². The monoisotopic (exact) mass is 342 g/mol. The molecular formula is C22H25BN3+. The first-order valence-electron chi connectivity index (χ1n) is 9.54. The molecule has 3 aromatic rings. The van der Waals surface area contributed by atoms with Crippen molar-refractivity contribution >= 4 is 18.4 Å². The van der Waals surface area contributed by atoms with E-state index in [0.29, 0.717) is 6.98 Å². The molecule has 0 spiro atoms. The van der Waals surface area contributed by atoms with Crippen molar-refractivity contribution in [1.82, 2.24) is 4.57 Å². The van der Waals surface area contributed by atoms with Gasteiger partial charge in [-0.15, -0.1) is 0 Å². The van der Waals surface area contributed by atoms with E-state index in [9.17, 15) is 0 Å². The van der Waals surface area contributed by atoms with Gasteiger partial charge < -0.3 is 4.81 Å². The van der Waals surface area contributed by atoms with Crippen molar-refractivity contribution in [2.45, 2.75) is 38.9 Å². The molecule has 130 valence electrons. The van der Waals surface area contributed by atoms with Gasteiger partial charge in [0.1, 0.15) is 12.4 Å². The van der Waals surface area contributed by atoms with Gasteiger partial charge in [0.2, 0.25) is 0 Å². The Morgan fingerprint density at radius 3 is 2.65 bits per heavy atom. The highest BCUT2D eigenvalue weighted by molar-refractivity contribution is 6.58. The van der Waals surface area contributed by atoms with Gasteiger partial charge in [-0.2, -0.15) is 0 Å². The number of hydrogen-bond acceptors (Lipinski definition) is 1. The molecule has 0 radical (unpaired) electrons. The van der Waals surface area contributed by atoms with Crippen molar-refractivity contribution in [3.63, 3.8) is 0 Å². The van der Waals surface area contributed by atoms with E-state index in [1.165, 1.54) is 40.3 Å². The highest BCUT2D eigenvalue weighted by Gasteiger charge is 2.47. The van der Waals surface area contributed by atoms with Gasteiger partial charge in [-0.1, -0.05) is 44.2 Å². The molecule has 1 aromatic heterocycles. The molecule has 0 bridgehead atoms. The lowest BCUT2D eigenvalue weighted by atomic mass is 9.64. The van der Waals surface area contributed by atoms with E-state index in [1.54, 1.807) is 0 Å². The minimum Gasteiger partial charge on any atom is -0.343 e. The average Bonchev–Trinajstić information content (AvgIpc) is 2.95. The molecule has 0 saturated carbocycles. The second-order valence-electron chi connectivity index (χ2n) is 8.40. The maximum absolute atomic E-state index is 2.58. The molecule has 2 aromatic carbocycles. The summed E-state index contributed by atoms with van der Waals surface area (Å²) in [5, 5.41) is 0. The lowest BCUT2D eigenvalue weighted by molar-refractivity contribution is -0.526. The first-order valence-corrected chi connectivity index (χ1v) is 9.54. The zero-order chi connectivity index (χ0) is 18.1. The third-order valence-electron chi connectivity index (χ3n) is 6.30. The number of fused-ring (bicyclic) bond motifs is 8. The summed E-state index contributed by atoms with van der Waals surface area (Å²) in [6.45, 7) is 7.32. The van der Waals surface area contributed by atoms with Crippen LogP contribution in [0.4, 0.5) is 11.4 Å². The SMILES string of the molecule is Cc1cccc2c1-c1n(C)cc[n+]1B1CCC(C)(C)c3ccccc3N12. The predicted octanol–water partition coefficient (Wildman–Crippen LogP) is 4.46. The van der Waals surface area contributed by atoms with Gasteiger partial charge in [-0.3, -0.25) is 4.48 Å². The Labute approximate surface area is 156 Å². The number of rotatable bonds is 0. The molecule has 26 heavy (non-hydrogen) atoms. The minimum absolute atomic E-state index is 0.174. The first-order chi connectivity index (χ1) is 12.5. The smallest absolute Gasteiger partial charge is 0.343 e. The Bertz CT molecular complexity index is 1020. The van der Waals surface area contributed by atoms with E-state index in [-0.39, 0.29) is 5.41 Å². The highest BCUT2D eigenvalue weighted by Crippen LogP contribution is 2.47. The summed E-state index contributed by atoms with van der Waals surface area (Å²) in [5.41, 5.74) is 7.00. The zero-order valence-corrected chi connectivity index (χ0v) is 16.0. The van der Waals surface area contributed by atoms with Crippen LogP contribution < -0.4 is 9.29 Å². The van der Waals surface area contributed by atoms with Crippen molar-refractivity contribution in [3.8, 4) is 11.4 Å². The van der Waals surface area contributed by atoms with Crippen molar-refractivity contribution in [2.75, 3.05) is 4.81 Å². The van der Waals surface area contributed by atoms with Crippen molar-refractivity contribution < 1.29 is 4.48 Å². The fraction of sp³-hybridized carbons (Fsp3) is 0.318. The van der Waals surface area contributed by atoms with Crippen molar-refractivity contribution in [3.05, 3.63) is 66.0 Å². The molecule has 0 saturated heterocycles. The third-order valence-corrected chi connectivity index (χ3v) is 6.30. The molecule has 2 aliphatic rings. The zero-order valence-electron chi connectivity index (χ0n) is 16.0. The van der Waals surface area contributed by atoms with Crippen LogP contribution >= 0.6 is 0 Å². The molecule has 0 atom stereocenters. The molecule has 0 amide bonds. The van der Waals surface area contributed by atoms with Crippen LogP contribution in [0.15, 0.2) is 54.9 Å². The fourth-order valence-electron chi connectivity index (χ4n) is 4.91. The maximum Gasteiger partial charge on any atom is 0.505 e. The number of anilines is 2. The normalized spacial score (nSPS) is 17.1. The largest absolute Gasteiger partial charge is 0.505 e. The van der Waals surface area contributed by atoms with Crippen LogP contribution in [0, 0.1) is 6.92 Å². The van der Waals surface area contributed by atoms with Crippen molar-refractivity contribution in [2.24, 2.45) is 7.05 Å². The second kappa shape index (κ2) is 5.26. The summed E-state index contributed by atoms with van der Waals surface area (Å²) in [4.78, 5) is 2.58. The van der Waals surface area contributed by atoms with E-state index < -0.39 is 0 Å². The number of nitrogens with zero attached hydrogens (tertiary/aromatic N) is 3. The summed E-state index contributed by atoms with van der Waals surface area (Å²) < 4.78 is 4.75.